The Morgan fingerprint density at radius 1 is 1.12 bits per heavy atom. The number of rotatable bonds is 9. The molecule has 1 aromatic carbocycles. The van der Waals surface area contributed by atoms with Gasteiger partial charge in [0.15, 0.2) is 0 Å². The highest BCUT2D eigenvalue weighted by Gasteiger charge is 2.08. The van der Waals surface area contributed by atoms with E-state index in [-0.39, 0.29) is 11.6 Å². The lowest BCUT2D eigenvalue weighted by atomic mass is 10.2. The summed E-state index contributed by atoms with van der Waals surface area (Å²) in [7, 11) is 0. The summed E-state index contributed by atoms with van der Waals surface area (Å²) in [5.41, 5.74) is 1.32. The summed E-state index contributed by atoms with van der Waals surface area (Å²) in [5, 5.41) is 16.5. The van der Waals surface area contributed by atoms with Crippen LogP contribution in [0, 0.1) is 10.1 Å². The molecule has 8 nitrogen and oxygen atoms in total. The standard InChI is InChI=1S/C18H23N5O3/c1-3-22(4-2)17-10-5-14(13-21-17)18(24)20-12-11-19-15-6-8-16(9-7-15)23(25)26/h5-10,13,19H,3-4,11-12H2,1-2H3,(H,20,24). The van der Waals surface area contributed by atoms with Crippen molar-refractivity contribution in [3.8, 4) is 0 Å². The van der Waals surface area contributed by atoms with Gasteiger partial charge in [-0.15, -0.1) is 0 Å². The Hall–Kier alpha value is -3.16. The second kappa shape index (κ2) is 9.36. The number of hydrogen-bond acceptors (Lipinski definition) is 6. The lowest BCUT2D eigenvalue weighted by Gasteiger charge is -2.19. The van der Waals surface area contributed by atoms with E-state index in [1.54, 1.807) is 24.4 Å². The number of carbonyl (C=O) groups excluding carboxylic acids is 1. The maximum Gasteiger partial charge on any atom is 0.269 e. The number of nitrogens with zero attached hydrogens (tertiary/aromatic N) is 3. The second-order valence-corrected chi connectivity index (χ2v) is 5.56. The molecule has 0 saturated heterocycles. The molecule has 0 saturated carbocycles. The topological polar surface area (TPSA) is 100 Å². The molecule has 8 heteroatoms. The molecule has 1 heterocycles. The number of nitro groups is 1. The van der Waals surface area contributed by atoms with E-state index in [1.165, 1.54) is 12.1 Å². The van der Waals surface area contributed by atoms with Crippen LogP contribution in [-0.2, 0) is 0 Å². The van der Waals surface area contributed by atoms with Crippen molar-refractivity contribution in [3.63, 3.8) is 0 Å². The summed E-state index contributed by atoms with van der Waals surface area (Å²) in [5.74, 6) is 0.667. The van der Waals surface area contributed by atoms with Crippen LogP contribution in [0.5, 0.6) is 0 Å². The van der Waals surface area contributed by atoms with Crippen LogP contribution in [0.1, 0.15) is 24.2 Å². The van der Waals surface area contributed by atoms with Crippen LogP contribution in [0.2, 0.25) is 0 Å². The van der Waals surface area contributed by atoms with Gasteiger partial charge in [0.1, 0.15) is 5.82 Å². The predicted molar refractivity (Wildman–Crippen MR) is 102 cm³/mol. The third kappa shape index (κ3) is 5.17. The van der Waals surface area contributed by atoms with Crippen LogP contribution in [0.4, 0.5) is 17.2 Å². The van der Waals surface area contributed by atoms with E-state index in [4.69, 9.17) is 0 Å². The van der Waals surface area contributed by atoms with Gasteiger partial charge in [0, 0.05) is 50.2 Å². The summed E-state index contributed by atoms with van der Waals surface area (Å²) >= 11 is 0. The Morgan fingerprint density at radius 2 is 1.81 bits per heavy atom. The number of non-ortho nitro benzene ring substituents is 1. The van der Waals surface area contributed by atoms with Crippen LogP contribution >= 0.6 is 0 Å². The van der Waals surface area contributed by atoms with E-state index in [0.717, 1.165) is 24.6 Å². The van der Waals surface area contributed by atoms with E-state index in [2.05, 4.69) is 34.4 Å². The lowest BCUT2D eigenvalue weighted by Crippen LogP contribution is -2.29. The summed E-state index contributed by atoms with van der Waals surface area (Å²) in [4.78, 5) is 28.7. The number of nitro benzene ring substituents is 1. The average Bonchev–Trinajstić information content (AvgIpc) is 2.67. The number of pyridine rings is 1. The number of benzene rings is 1. The molecule has 2 N–H and O–H groups in total. The molecule has 138 valence electrons. The van der Waals surface area contributed by atoms with Crippen LogP contribution in [0.25, 0.3) is 0 Å². The summed E-state index contributed by atoms with van der Waals surface area (Å²) < 4.78 is 0. The maximum absolute atomic E-state index is 12.1. The summed E-state index contributed by atoms with van der Waals surface area (Å²) in [6.07, 6.45) is 1.58. The van der Waals surface area contributed by atoms with Gasteiger partial charge >= 0.3 is 0 Å². The molecular formula is C18H23N5O3. The van der Waals surface area contributed by atoms with Crippen LogP contribution < -0.4 is 15.5 Å². The van der Waals surface area contributed by atoms with E-state index in [1.807, 2.05) is 6.07 Å². The molecule has 0 bridgehead atoms. The van der Waals surface area contributed by atoms with Gasteiger partial charge in [0.05, 0.1) is 10.5 Å². The van der Waals surface area contributed by atoms with Crippen LogP contribution in [-0.4, -0.2) is 42.0 Å². The first-order valence-corrected chi connectivity index (χ1v) is 8.52. The molecule has 1 aromatic heterocycles. The predicted octanol–water partition coefficient (Wildman–Crippen LogP) is 2.68. The first-order chi connectivity index (χ1) is 12.5. The smallest absolute Gasteiger partial charge is 0.269 e. The van der Waals surface area contributed by atoms with Crippen molar-refractivity contribution in [1.82, 2.24) is 10.3 Å². The van der Waals surface area contributed by atoms with Crippen molar-refractivity contribution in [2.24, 2.45) is 0 Å². The Labute approximate surface area is 152 Å². The zero-order chi connectivity index (χ0) is 18.9. The van der Waals surface area contributed by atoms with Crippen molar-refractivity contribution in [2.75, 3.05) is 36.4 Å². The molecule has 1 amide bonds. The molecule has 2 aromatic rings. The zero-order valence-electron chi connectivity index (χ0n) is 14.9. The highest BCUT2D eigenvalue weighted by atomic mass is 16.6. The normalized spacial score (nSPS) is 10.2. The highest BCUT2D eigenvalue weighted by Crippen LogP contribution is 2.15. The van der Waals surface area contributed by atoms with Gasteiger partial charge in [-0.1, -0.05) is 0 Å². The Bertz CT molecular complexity index is 727. The maximum atomic E-state index is 12.1. The van der Waals surface area contributed by atoms with Gasteiger partial charge < -0.3 is 15.5 Å². The molecule has 0 spiro atoms. The molecule has 0 fully saturated rings. The fourth-order valence-corrected chi connectivity index (χ4v) is 2.44. The largest absolute Gasteiger partial charge is 0.383 e. The third-order valence-electron chi connectivity index (χ3n) is 3.92. The molecule has 0 aliphatic carbocycles. The van der Waals surface area contributed by atoms with Gasteiger partial charge in [-0.05, 0) is 38.1 Å². The number of amides is 1. The van der Waals surface area contributed by atoms with Crippen LogP contribution in [0.15, 0.2) is 42.6 Å². The van der Waals surface area contributed by atoms with Gasteiger partial charge in [0.25, 0.3) is 11.6 Å². The van der Waals surface area contributed by atoms with E-state index in [0.29, 0.717) is 18.7 Å². The second-order valence-electron chi connectivity index (χ2n) is 5.56. The molecule has 0 unspecified atom stereocenters. The lowest BCUT2D eigenvalue weighted by molar-refractivity contribution is -0.384. The Balaban J connectivity index is 1.78. The van der Waals surface area contributed by atoms with Crippen molar-refractivity contribution >= 4 is 23.1 Å². The molecule has 26 heavy (non-hydrogen) atoms. The van der Waals surface area contributed by atoms with E-state index < -0.39 is 4.92 Å². The van der Waals surface area contributed by atoms with E-state index in [9.17, 15) is 14.9 Å². The van der Waals surface area contributed by atoms with Crippen molar-refractivity contribution in [1.29, 1.82) is 0 Å². The third-order valence-corrected chi connectivity index (χ3v) is 3.92. The van der Waals surface area contributed by atoms with Gasteiger partial charge in [-0.2, -0.15) is 0 Å². The van der Waals surface area contributed by atoms with Gasteiger partial charge in [0.2, 0.25) is 0 Å². The summed E-state index contributed by atoms with van der Waals surface area (Å²) in [6, 6.07) is 9.75. The quantitative estimate of drug-likeness (QED) is 0.406. The molecule has 0 aliphatic heterocycles. The molecule has 0 atom stereocenters. The van der Waals surface area contributed by atoms with Crippen molar-refractivity contribution in [3.05, 3.63) is 58.3 Å². The van der Waals surface area contributed by atoms with Gasteiger partial charge in [-0.3, -0.25) is 14.9 Å². The molecule has 0 radical (unpaired) electrons. The minimum Gasteiger partial charge on any atom is -0.383 e. The van der Waals surface area contributed by atoms with Crippen LogP contribution in [0.3, 0.4) is 0 Å². The first kappa shape index (κ1) is 19.2. The highest BCUT2D eigenvalue weighted by molar-refractivity contribution is 5.94. The average molecular weight is 357 g/mol. The monoisotopic (exact) mass is 357 g/mol. The minimum absolute atomic E-state index is 0.0458. The Kier molecular flexibility index (Phi) is 6.90. The first-order valence-electron chi connectivity index (χ1n) is 8.52. The van der Waals surface area contributed by atoms with Crippen molar-refractivity contribution < 1.29 is 9.72 Å². The SMILES string of the molecule is CCN(CC)c1ccc(C(=O)NCCNc2ccc([N+](=O)[O-])cc2)cn1. The molecular weight excluding hydrogens is 334 g/mol. The fraction of sp³-hybridized carbons (Fsp3) is 0.333. The number of anilines is 2. The van der Waals surface area contributed by atoms with Crippen molar-refractivity contribution in [2.45, 2.75) is 13.8 Å². The number of hydrogen-bond donors (Lipinski definition) is 2. The number of carbonyl (C=O) groups is 1. The fourth-order valence-electron chi connectivity index (χ4n) is 2.44. The summed E-state index contributed by atoms with van der Waals surface area (Å²) in [6.45, 7) is 6.78. The zero-order valence-corrected chi connectivity index (χ0v) is 14.9. The Morgan fingerprint density at radius 3 is 2.35 bits per heavy atom. The number of nitrogens with one attached hydrogen (secondary N) is 2. The van der Waals surface area contributed by atoms with E-state index >= 15 is 0 Å². The minimum atomic E-state index is -0.441. The number of aromatic nitrogens is 1. The van der Waals surface area contributed by atoms with Gasteiger partial charge in [-0.25, -0.2) is 4.98 Å². The molecule has 2 rings (SSSR count). The molecule has 0 aliphatic rings.